The van der Waals surface area contributed by atoms with Crippen LogP contribution in [0.15, 0.2) is 69.4 Å². The van der Waals surface area contributed by atoms with E-state index >= 15 is 0 Å². The maximum absolute atomic E-state index is 12.9. The van der Waals surface area contributed by atoms with Crippen LogP contribution < -0.4 is 11.2 Å². The zero-order valence-corrected chi connectivity index (χ0v) is 24.1. The zero-order chi connectivity index (χ0) is 32.2. The average molecular weight is 643 g/mol. The lowest BCUT2D eigenvalue weighted by Gasteiger charge is -2.29. The summed E-state index contributed by atoms with van der Waals surface area (Å²) >= 11 is 0. The van der Waals surface area contributed by atoms with E-state index < -0.39 is 62.1 Å². The van der Waals surface area contributed by atoms with Gasteiger partial charge in [-0.1, -0.05) is 41.5 Å². The number of nitrogens with zero attached hydrogens (tertiary/aromatic N) is 4. The molecule has 1 aromatic heterocycles. The summed E-state index contributed by atoms with van der Waals surface area (Å²) < 4.78 is 42.3. The Kier molecular flexibility index (Phi) is 10.6. The molecule has 3 aromatic rings. The molecule has 1 fully saturated rings. The molecule has 4 rings (SSSR count). The van der Waals surface area contributed by atoms with E-state index in [1.807, 2.05) is 0 Å². The Hall–Kier alpha value is -3.46. The first-order chi connectivity index (χ1) is 20.0. The number of aliphatic hydroxyl groups is 2. The Balaban J connectivity index is 0.000000242. The maximum atomic E-state index is 12.9. The Morgan fingerprint density at radius 2 is 1.60 bits per heavy atom. The third-order valence-corrected chi connectivity index (χ3v) is 10.3. The fraction of sp³-hybridized carbons (Fsp3) is 0.333. The Bertz CT molecular complexity index is 1670. The lowest BCUT2D eigenvalue weighted by atomic mass is 10.0. The minimum Gasteiger partial charge on any atom is -0.394 e. The first-order valence-corrected chi connectivity index (χ1v) is 15.5. The van der Waals surface area contributed by atoms with Gasteiger partial charge in [-0.2, -0.15) is 0 Å². The quantitative estimate of drug-likeness (QED) is 0.0805. The first-order valence-electron chi connectivity index (χ1n) is 12.3. The minimum absolute atomic E-state index is 0.120. The minimum atomic E-state index is -5.50. The molecule has 3 atom stereocenters. The summed E-state index contributed by atoms with van der Waals surface area (Å²) in [6.07, 6.45) is -0.597. The molecular formula is C24H28FN5O11P2. The molecule has 0 bridgehead atoms. The van der Waals surface area contributed by atoms with Crippen molar-refractivity contribution < 1.29 is 48.0 Å². The van der Waals surface area contributed by atoms with Crippen LogP contribution in [0.25, 0.3) is 21.6 Å². The molecule has 43 heavy (non-hydrogen) atoms. The number of aromatic nitrogens is 2. The third-order valence-electron chi connectivity index (χ3n) is 6.55. The highest BCUT2D eigenvalue weighted by atomic mass is 31.2. The summed E-state index contributed by atoms with van der Waals surface area (Å²) in [7, 11) is -11.0. The van der Waals surface area contributed by atoms with E-state index in [4.69, 9.17) is 34.9 Å². The molecule has 1 aliphatic heterocycles. The van der Waals surface area contributed by atoms with Gasteiger partial charge in [0.2, 0.25) is 0 Å². The van der Waals surface area contributed by atoms with E-state index in [1.54, 1.807) is 6.92 Å². The average Bonchev–Trinajstić information content (AvgIpc) is 3.33. The van der Waals surface area contributed by atoms with Gasteiger partial charge in [0.05, 0.1) is 18.8 Å². The van der Waals surface area contributed by atoms with Gasteiger partial charge >= 0.3 is 20.9 Å². The highest BCUT2D eigenvalue weighted by molar-refractivity contribution is 7.72. The number of halogens is 1. The lowest BCUT2D eigenvalue weighted by Crippen LogP contribution is -2.33. The normalized spacial score (nSPS) is 18.8. The van der Waals surface area contributed by atoms with Crippen molar-refractivity contribution in [2.75, 3.05) is 6.61 Å². The number of rotatable bonds is 8. The highest BCUT2D eigenvalue weighted by Gasteiger charge is 2.59. The molecule has 232 valence electrons. The Labute approximate surface area is 242 Å². The van der Waals surface area contributed by atoms with Gasteiger partial charge in [0, 0.05) is 29.5 Å². The van der Waals surface area contributed by atoms with Crippen LogP contribution in [0.1, 0.15) is 23.8 Å². The summed E-state index contributed by atoms with van der Waals surface area (Å²) in [5.74, 6) is -0.399. The number of aliphatic hydroxyl groups excluding tert-OH is 1. The summed E-state index contributed by atoms with van der Waals surface area (Å²) in [6.45, 7) is 1.26. The number of aryl methyl sites for hydroxylation is 1. The van der Waals surface area contributed by atoms with Gasteiger partial charge in [-0.15, -0.1) is 0 Å². The second-order valence-electron chi connectivity index (χ2n) is 9.54. The van der Waals surface area contributed by atoms with Crippen LogP contribution in [0.2, 0.25) is 0 Å². The fourth-order valence-corrected chi connectivity index (χ4v) is 6.28. The molecule has 0 unspecified atom stereocenters. The number of aromatic amines is 1. The van der Waals surface area contributed by atoms with Crippen LogP contribution in [0, 0.1) is 12.7 Å². The van der Waals surface area contributed by atoms with Crippen LogP contribution in [-0.2, 0) is 20.3 Å². The first kappa shape index (κ1) is 34.0. The smallest absolute Gasteiger partial charge is 0.369 e. The number of azide groups is 1. The van der Waals surface area contributed by atoms with Gasteiger partial charge in [0.25, 0.3) is 10.6 Å². The largest absolute Gasteiger partial charge is 0.394 e. The van der Waals surface area contributed by atoms with Crippen molar-refractivity contribution in [3.63, 3.8) is 0 Å². The second-order valence-corrected chi connectivity index (χ2v) is 13.5. The summed E-state index contributed by atoms with van der Waals surface area (Å²) in [5.41, 5.74) is 9.22. The van der Waals surface area contributed by atoms with Crippen LogP contribution >= 0.6 is 15.2 Å². The molecule has 0 saturated carbocycles. The van der Waals surface area contributed by atoms with Crippen molar-refractivity contribution in [1.29, 1.82) is 0 Å². The van der Waals surface area contributed by atoms with Gasteiger partial charge in [0.15, 0.2) is 0 Å². The SMILES string of the molecule is Cc1cn([C@H]2C[C@H](N=[N+]=[N-])[C@@H](CO)O2)c(=O)[nH]c1=O.O=P(O)(O)C(O)(Cc1ccc(-c2ccc(F)cc2)cc1)P(=O)(O)O. The van der Waals surface area contributed by atoms with Crippen LogP contribution in [-0.4, -0.2) is 63.2 Å². The van der Waals surface area contributed by atoms with E-state index in [0.29, 0.717) is 16.7 Å². The van der Waals surface area contributed by atoms with Crippen molar-refractivity contribution in [1.82, 2.24) is 9.55 Å². The molecule has 0 radical (unpaired) electrons. The molecular weight excluding hydrogens is 615 g/mol. The molecule has 0 amide bonds. The van der Waals surface area contributed by atoms with E-state index in [9.17, 15) is 28.2 Å². The zero-order valence-electron chi connectivity index (χ0n) is 22.3. The predicted molar refractivity (Wildman–Crippen MR) is 149 cm³/mol. The summed E-state index contributed by atoms with van der Waals surface area (Å²) in [5, 5.41) is 19.1. The Morgan fingerprint density at radius 1 is 1.07 bits per heavy atom. The molecule has 2 aromatic carbocycles. The van der Waals surface area contributed by atoms with Gasteiger partial charge in [-0.25, -0.2) is 9.18 Å². The van der Waals surface area contributed by atoms with Crippen molar-refractivity contribution in [3.8, 4) is 11.1 Å². The van der Waals surface area contributed by atoms with Crippen molar-refractivity contribution in [2.45, 2.75) is 43.2 Å². The van der Waals surface area contributed by atoms with Crippen LogP contribution in [0.4, 0.5) is 4.39 Å². The lowest BCUT2D eigenvalue weighted by molar-refractivity contribution is -0.0271. The van der Waals surface area contributed by atoms with E-state index in [1.165, 1.54) is 59.3 Å². The van der Waals surface area contributed by atoms with E-state index in [0.717, 1.165) is 0 Å². The predicted octanol–water partition coefficient (Wildman–Crippen LogP) is 1.84. The number of benzene rings is 2. The van der Waals surface area contributed by atoms with Crippen LogP contribution in [0.5, 0.6) is 0 Å². The third kappa shape index (κ3) is 7.93. The number of hydrogen-bond acceptors (Lipinski definition) is 8. The molecule has 1 aliphatic rings. The number of ether oxygens (including phenoxy) is 1. The summed E-state index contributed by atoms with van der Waals surface area (Å²) in [4.78, 5) is 64.3. The van der Waals surface area contributed by atoms with E-state index in [-0.39, 0.29) is 18.6 Å². The van der Waals surface area contributed by atoms with Gasteiger partial charge in [-0.3, -0.25) is 23.5 Å². The standard InChI is InChI=1S/C14H15FO7P2.C10H13N5O4/c15-13-7-5-12(6-8-13)11-3-1-10(2-4-11)9-14(16,23(17,18)19)24(20,21)22;1-5-3-15(10(18)12-9(5)17)8-2-6(13-14-11)7(4-16)19-8/h1-8,16H,9H2,(H2,17,18,19)(H2,20,21,22);3,6-8,16H,2,4H2,1H3,(H,12,17,18)/t;6-,7+,8+/m.0/s1. The van der Waals surface area contributed by atoms with E-state index in [2.05, 4.69) is 15.0 Å². The molecule has 2 heterocycles. The van der Waals surface area contributed by atoms with Gasteiger partial charge in [-0.05, 0) is 41.3 Å². The fourth-order valence-electron chi connectivity index (χ4n) is 4.15. The van der Waals surface area contributed by atoms with Gasteiger partial charge in [0.1, 0.15) is 12.0 Å². The maximum Gasteiger partial charge on any atom is 0.369 e. The monoisotopic (exact) mass is 643 g/mol. The van der Waals surface area contributed by atoms with Gasteiger partial charge < -0.3 is 34.5 Å². The molecule has 19 heteroatoms. The Morgan fingerprint density at radius 3 is 2.09 bits per heavy atom. The number of hydrogen-bond donors (Lipinski definition) is 7. The van der Waals surface area contributed by atoms with Crippen molar-refractivity contribution in [2.24, 2.45) is 5.11 Å². The number of H-pyrrole nitrogens is 1. The molecule has 7 N–H and O–H groups in total. The van der Waals surface area contributed by atoms with Crippen molar-refractivity contribution in [3.05, 3.63) is 103 Å². The molecule has 0 aliphatic carbocycles. The molecule has 16 nitrogen and oxygen atoms in total. The number of nitrogens with one attached hydrogen (secondary N) is 1. The molecule has 0 spiro atoms. The topological polar surface area (TPSA) is 268 Å². The molecule has 1 saturated heterocycles. The van der Waals surface area contributed by atoms with Crippen molar-refractivity contribution >= 4 is 15.2 Å². The summed E-state index contributed by atoms with van der Waals surface area (Å²) in [6, 6.07) is 10.9. The van der Waals surface area contributed by atoms with Crippen LogP contribution in [0.3, 0.4) is 0 Å². The second kappa shape index (κ2) is 13.5. The highest BCUT2D eigenvalue weighted by Crippen LogP contribution is 2.68.